The Morgan fingerprint density at radius 1 is 0.808 bits per heavy atom. The van der Waals surface area contributed by atoms with Gasteiger partial charge in [-0.15, -0.1) is 0 Å². The van der Waals surface area contributed by atoms with Gasteiger partial charge in [0.1, 0.15) is 0 Å². The molecule has 0 amide bonds. The monoisotopic (exact) mass is 340 g/mol. The number of carbonyl (C=O) groups excluding carboxylic acids is 1. The minimum absolute atomic E-state index is 0.0502. The highest BCUT2D eigenvalue weighted by atomic mass is 16.1. The van der Waals surface area contributed by atoms with Crippen molar-refractivity contribution in [1.82, 2.24) is 9.55 Å². The average molecular weight is 340 g/mol. The molecule has 0 N–H and O–H groups in total. The highest BCUT2D eigenvalue weighted by molar-refractivity contribution is 6.08. The fraction of sp³-hybridized carbons (Fsp3) is 0.0455. The molecule has 1 aromatic heterocycles. The molecular formula is C22H16N2O2. The second kappa shape index (κ2) is 6.76. The van der Waals surface area contributed by atoms with E-state index in [2.05, 4.69) is 4.98 Å². The molecule has 0 aliphatic rings. The molecule has 26 heavy (non-hydrogen) atoms. The van der Waals surface area contributed by atoms with Gasteiger partial charge in [0.05, 0.1) is 17.6 Å². The van der Waals surface area contributed by atoms with Crippen LogP contribution in [0.2, 0.25) is 0 Å². The lowest BCUT2D eigenvalue weighted by Crippen LogP contribution is -2.29. The van der Waals surface area contributed by atoms with Gasteiger partial charge in [-0.1, -0.05) is 72.8 Å². The third kappa shape index (κ3) is 2.93. The van der Waals surface area contributed by atoms with E-state index in [1.165, 1.54) is 0 Å². The van der Waals surface area contributed by atoms with Crippen molar-refractivity contribution in [2.45, 2.75) is 6.54 Å². The van der Waals surface area contributed by atoms with Gasteiger partial charge in [-0.2, -0.15) is 0 Å². The summed E-state index contributed by atoms with van der Waals surface area (Å²) < 4.78 is 1.62. The first kappa shape index (κ1) is 16.0. The van der Waals surface area contributed by atoms with E-state index in [4.69, 9.17) is 0 Å². The number of hydrogen-bond donors (Lipinski definition) is 0. The standard InChI is InChI=1S/C22H16N2O2/c25-21(17-11-5-2-6-12-17)20-22(26)24(15-16-9-3-1-4-10-16)19-14-8-7-13-18(19)23-20/h1-14H,15H2. The van der Waals surface area contributed by atoms with Crippen LogP contribution in [0.15, 0.2) is 89.7 Å². The number of hydrogen-bond acceptors (Lipinski definition) is 3. The van der Waals surface area contributed by atoms with Crippen molar-refractivity contribution in [3.8, 4) is 0 Å². The highest BCUT2D eigenvalue weighted by Crippen LogP contribution is 2.14. The molecule has 0 saturated carbocycles. The molecule has 4 heteroatoms. The summed E-state index contributed by atoms with van der Waals surface area (Å²) in [4.78, 5) is 30.3. The number of aromatic nitrogens is 2. The van der Waals surface area contributed by atoms with Crippen molar-refractivity contribution in [1.29, 1.82) is 0 Å². The molecule has 126 valence electrons. The first-order valence-corrected chi connectivity index (χ1v) is 8.37. The first-order chi connectivity index (χ1) is 12.7. The van der Waals surface area contributed by atoms with Crippen LogP contribution in [0, 0.1) is 0 Å². The molecule has 0 bridgehead atoms. The maximum absolute atomic E-state index is 13.1. The van der Waals surface area contributed by atoms with E-state index < -0.39 is 0 Å². The lowest BCUT2D eigenvalue weighted by Gasteiger charge is -2.12. The van der Waals surface area contributed by atoms with Gasteiger partial charge in [0.25, 0.3) is 5.56 Å². The summed E-state index contributed by atoms with van der Waals surface area (Å²) >= 11 is 0. The number of carbonyl (C=O) groups is 1. The van der Waals surface area contributed by atoms with Crippen LogP contribution in [0.5, 0.6) is 0 Å². The van der Waals surface area contributed by atoms with Crippen molar-refractivity contribution in [2.75, 3.05) is 0 Å². The first-order valence-electron chi connectivity index (χ1n) is 8.37. The second-order valence-electron chi connectivity index (χ2n) is 6.02. The molecule has 4 rings (SSSR count). The quantitative estimate of drug-likeness (QED) is 0.533. The molecule has 0 aliphatic heterocycles. The molecule has 3 aromatic carbocycles. The molecule has 0 spiro atoms. The largest absolute Gasteiger partial charge is 0.300 e. The summed E-state index contributed by atoms with van der Waals surface area (Å²) in [5.41, 5.74) is 2.36. The number of benzene rings is 3. The van der Waals surface area contributed by atoms with E-state index in [0.29, 0.717) is 23.1 Å². The van der Waals surface area contributed by atoms with Crippen molar-refractivity contribution in [3.05, 3.63) is 112 Å². The summed E-state index contributed by atoms with van der Waals surface area (Å²) in [7, 11) is 0. The van der Waals surface area contributed by atoms with Gasteiger partial charge in [0.15, 0.2) is 5.69 Å². The Hall–Kier alpha value is -3.53. The summed E-state index contributed by atoms with van der Waals surface area (Å²) in [6.45, 7) is 0.387. The third-order valence-electron chi connectivity index (χ3n) is 4.29. The fourth-order valence-electron chi connectivity index (χ4n) is 2.99. The predicted octanol–water partition coefficient (Wildman–Crippen LogP) is 3.68. The number of fused-ring (bicyclic) bond motifs is 1. The normalized spacial score (nSPS) is 10.8. The SMILES string of the molecule is O=C(c1ccccc1)c1nc2ccccc2n(Cc2ccccc2)c1=O. The van der Waals surface area contributed by atoms with Gasteiger partial charge in [-0.3, -0.25) is 9.59 Å². The van der Waals surface area contributed by atoms with Crippen molar-refractivity contribution in [3.63, 3.8) is 0 Å². The third-order valence-corrected chi connectivity index (χ3v) is 4.29. The van der Waals surface area contributed by atoms with E-state index in [1.54, 1.807) is 28.8 Å². The van der Waals surface area contributed by atoms with Gasteiger partial charge in [-0.05, 0) is 17.7 Å². The molecule has 4 nitrogen and oxygen atoms in total. The Balaban J connectivity index is 1.91. The number of para-hydroxylation sites is 2. The lowest BCUT2D eigenvalue weighted by molar-refractivity contribution is 0.103. The topological polar surface area (TPSA) is 52.0 Å². The van der Waals surface area contributed by atoms with Crippen LogP contribution in [0.3, 0.4) is 0 Å². The number of rotatable bonds is 4. The van der Waals surface area contributed by atoms with E-state index in [-0.39, 0.29) is 17.0 Å². The highest BCUT2D eigenvalue weighted by Gasteiger charge is 2.19. The van der Waals surface area contributed by atoms with Crippen LogP contribution in [-0.4, -0.2) is 15.3 Å². The Morgan fingerprint density at radius 2 is 1.42 bits per heavy atom. The maximum atomic E-state index is 13.1. The Morgan fingerprint density at radius 3 is 2.15 bits per heavy atom. The smallest absolute Gasteiger partial charge is 0.281 e. The molecule has 0 aliphatic carbocycles. The van der Waals surface area contributed by atoms with Crippen molar-refractivity contribution < 1.29 is 4.79 Å². The molecule has 1 heterocycles. The van der Waals surface area contributed by atoms with Crippen LogP contribution in [-0.2, 0) is 6.54 Å². The van der Waals surface area contributed by atoms with E-state index in [1.807, 2.05) is 60.7 Å². The number of nitrogens with zero attached hydrogens (tertiary/aromatic N) is 2. The molecular weight excluding hydrogens is 324 g/mol. The van der Waals surface area contributed by atoms with Crippen LogP contribution < -0.4 is 5.56 Å². The minimum atomic E-state index is -0.374. The number of ketones is 1. The lowest BCUT2D eigenvalue weighted by atomic mass is 10.1. The molecule has 4 aromatic rings. The second-order valence-corrected chi connectivity index (χ2v) is 6.02. The zero-order chi connectivity index (χ0) is 17.9. The Kier molecular flexibility index (Phi) is 4.15. The van der Waals surface area contributed by atoms with Crippen LogP contribution in [0.1, 0.15) is 21.6 Å². The van der Waals surface area contributed by atoms with Crippen LogP contribution in [0.25, 0.3) is 11.0 Å². The summed E-state index contributed by atoms with van der Waals surface area (Å²) in [6.07, 6.45) is 0. The van der Waals surface area contributed by atoms with Gasteiger partial charge < -0.3 is 4.57 Å². The Bertz CT molecular complexity index is 1130. The molecule has 0 atom stereocenters. The van der Waals surface area contributed by atoms with E-state index in [9.17, 15) is 9.59 Å². The molecule has 0 saturated heterocycles. The Labute approximate surface area is 150 Å². The zero-order valence-electron chi connectivity index (χ0n) is 14.0. The summed E-state index contributed by atoms with van der Waals surface area (Å²) in [5, 5.41) is 0. The van der Waals surface area contributed by atoms with Crippen molar-refractivity contribution >= 4 is 16.8 Å². The van der Waals surface area contributed by atoms with Crippen LogP contribution in [0.4, 0.5) is 0 Å². The van der Waals surface area contributed by atoms with Gasteiger partial charge in [0.2, 0.25) is 5.78 Å². The van der Waals surface area contributed by atoms with Gasteiger partial charge in [0, 0.05) is 5.56 Å². The van der Waals surface area contributed by atoms with Crippen molar-refractivity contribution in [2.24, 2.45) is 0 Å². The maximum Gasteiger partial charge on any atom is 0.281 e. The fourth-order valence-corrected chi connectivity index (χ4v) is 2.99. The average Bonchev–Trinajstić information content (AvgIpc) is 2.71. The molecule has 0 fully saturated rings. The van der Waals surface area contributed by atoms with Crippen LogP contribution >= 0.6 is 0 Å². The summed E-state index contributed by atoms with van der Waals surface area (Å²) in [6, 6.07) is 25.9. The molecule has 0 radical (unpaired) electrons. The van der Waals surface area contributed by atoms with Gasteiger partial charge >= 0.3 is 0 Å². The summed E-state index contributed by atoms with van der Waals surface area (Å²) in [5.74, 6) is -0.358. The van der Waals surface area contributed by atoms with Gasteiger partial charge in [-0.25, -0.2) is 4.98 Å². The predicted molar refractivity (Wildman–Crippen MR) is 101 cm³/mol. The van der Waals surface area contributed by atoms with E-state index >= 15 is 0 Å². The zero-order valence-corrected chi connectivity index (χ0v) is 14.0. The van der Waals surface area contributed by atoms with E-state index in [0.717, 1.165) is 5.56 Å². The molecule has 0 unspecified atom stereocenters. The minimum Gasteiger partial charge on any atom is -0.300 e.